The van der Waals surface area contributed by atoms with E-state index in [1.54, 1.807) is 12.1 Å². The van der Waals surface area contributed by atoms with Crippen LogP contribution in [0.1, 0.15) is 31.0 Å². The molecule has 7 nitrogen and oxygen atoms in total. The van der Waals surface area contributed by atoms with Gasteiger partial charge in [-0.1, -0.05) is 17.7 Å². The third kappa shape index (κ3) is 4.95. The summed E-state index contributed by atoms with van der Waals surface area (Å²) in [6.45, 7) is 6.59. The Bertz CT molecular complexity index is 898. The highest BCUT2D eigenvalue weighted by Gasteiger charge is 2.39. The number of urea groups is 1. The minimum atomic E-state index is -1.01. The molecule has 1 aliphatic rings. The van der Waals surface area contributed by atoms with Gasteiger partial charge in [-0.15, -0.1) is 0 Å². The topological polar surface area (TPSA) is 79.9 Å². The number of hydrogen-bond acceptors (Lipinski definition) is 4. The first kappa shape index (κ1) is 21.7. The minimum Gasteiger partial charge on any atom is -0.351 e. The fourth-order valence-electron chi connectivity index (χ4n) is 3.35. The first-order valence-electron chi connectivity index (χ1n) is 9.91. The van der Waals surface area contributed by atoms with E-state index in [0.717, 1.165) is 5.56 Å². The number of nitrogens with one attached hydrogen (secondary N) is 2. The normalized spacial score (nSPS) is 15.4. The highest BCUT2D eigenvalue weighted by molar-refractivity contribution is 6.07. The molecular weight excluding hydrogens is 389 g/mol. The van der Waals surface area contributed by atoms with Gasteiger partial charge >= 0.3 is 6.03 Å². The summed E-state index contributed by atoms with van der Waals surface area (Å²) in [4.78, 5) is 27.1. The maximum absolute atomic E-state index is 13.9. The van der Waals surface area contributed by atoms with Gasteiger partial charge in [0.1, 0.15) is 11.9 Å². The molecule has 2 aromatic carbocycles. The molecule has 1 heterocycles. The van der Waals surface area contributed by atoms with E-state index in [1.807, 2.05) is 32.9 Å². The summed E-state index contributed by atoms with van der Waals surface area (Å²) in [6.07, 6.45) is -0.623. The van der Waals surface area contributed by atoms with Gasteiger partial charge in [0.25, 0.3) is 5.91 Å². The van der Waals surface area contributed by atoms with Crippen molar-refractivity contribution in [1.29, 1.82) is 0 Å². The molecule has 2 aromatic rings. The van der Waals surface area contributed by atoms with E-state index in [4.69, 9.17) is 9.47 Å². The van der Waals surface area contributed by atoms with Gasteiger partial charge in [-0.25, -0.2) is 9.18 Å². The molecule has 0 saturated carbocycles. The smallest absolute Gasteiger partial charge is 0.320 e. The Morgan fingerprint density at radius 3 is 2.43 bits per heavy atom. The number of carbonyl (C=O) groups is 2. The number of anilines is 2. The molecule has 0 bridgehead atoms. The van der Waals surface area contributed by atoms with Crippen LogP contribution in [0.4, 0.5) is 20.6 Å². The highest BCUT2D eigenvalue weighted by atomic mass is 19.1. The van der Waals surface area contributed by atoms with E-state index >= 15 is 0 Å². The van der Waals surface area contributed by atoms with Gasteiger partial charge in [-0.2, -0.15) is 0 Å². The predicted octanol–water partition coefficient (Wildman–Crippen LogP) is 3.74. The van der Waals surface area contributed by atoms with Crippen molar-refractivity contribution in [3.05, 3.63) is 59.4 Å². The van der Waals surface area contributed by atoms with Gasteiger partial charge in [-0.05, 0) is 51.1 Å². The van der Waals surface area contributed by atoms with Crippen molar-refractivity contribution in [2.45, 2.75) is 33.1 Å². The van der Waals surface area contributed by atoms with Crippen molar-refractivity contribution in [1.82, 2.24) is 5.32 Å². The zero-order valence-corrected chi connectivity index (χ0v) is 17.3. The van der Waals surface area contributed by atoms with Crippen molar-refractivity contribution in [3.63, 3.8) is 0 Å². The van der Waals surface area contributed by atoms with Gasteiger partial charge in [-0.3, -0.25) is 4.79 Å². The molecule has 0 fully saturated rings. The van der Waals surface area contributed by atoms with E-state index in [0.29, 0.717) is 30.2 Å². The Kier molecular flexibility index (Phi) is 7.02. The third-order valence-corrected chi connectivity index (χ3v) is 4.73. The van der Waals surface area contributed by atoms with E-state index in [9.17, 15) is 14.0 Å². The standard InChI is InChI=1S/C22H26FN3O4/c1-4-29-19(30-5-2)13-26-18-11-8-15(23)12-17(18)20(21(26)27)25-22(28)24-16-9-6-14(3)7-10-16/h6-12,19-20H,4-5,13H2,1-3H3,(H2,24,25,28)/t20-/m0/s1. The molecule has 8 heteroatoms. The van der Waals surface area contributed by atoms with Crippen molar-refractivity contribution < 1.29 is 23.5 Å². The van der Waals surface area contributed by atoms with Crippen LogP contribution in [-0.2, 0) is 14.3 Å². The average molecular weight is 415 g/mol. The van der Waals surface area contributed by atoms with Gasteiger partial charge in [0.2, 0.25) is 0 Å². The fourth-order valence-corrected chi connectivity index (χ4v) is 3.35. The minimum absolute atomic E-state index is 0.136. The van der Waals surface area contributed by atoms with E-state index in [-0.39, 0.29) is 12.5 Å². The second kappa shape index (κ2) is 9.69. The van der Waals surface area contributed by atoms with Crippen molar-refractivity contribution >= 4 is 23.3 Å². The SMILES string of the molecule is CCOC(CN1C(=O)[C@@H](NC(=O)Nc2ccc(C)cc2)c2cc(F)ccc21)OCC. The number of rotatable bonds is 8. The summed E-state index contributed by atoms with van der Waals surface area (Å²) in [5.74, 6) is -0.862. The molecule has 0 saturated heterocycles. The monoisotopic (exact) mass is 415 g/mol. The van der Waals surface area contributed by atoms with E-state index in [2.05, 4.69) is 10.6 Å². The molecule has 0 aliphatic carbocycles. The van der Waals surface area contributed by atoms with E-state index < -0.39 is 24.2 Å². The molecule has 0 aromatic heterocycles. The molecule has 0 spiro atoms. The molecule has 30 heavy (non-hydrogen) atoms. The molecule has 3 rings (SSSR count). The summed E-state index contributed by atoms with van der Waals surface area (Å²) in [5, 5.41) is 5.35. The molecule has 3 amide bonds. The summed E-state index contributed by atoms with van der Waals surface area (Å²) in [5.41, 5.74) is 2.56. The average Bonchev–Trinajstić information content (AvgIpc) is 2.95. The van der Waals surface area contributed by atoms with Crippen molar-refractivity contribution in [3.8, 4) is 0 Å². The van der Waals surface area contributed by atoms with Crippen molar-refractivity contribution in [2.75, 3.05) is 30.0 Å². The number of hydrogen-bond donors (Lipinski definition) is 2. The lowest BCUT2D eigenvalue weighted by atomic mass is 10.1. The second-order valence-electron chi connectivity index (χ2n) is 6.89. The number of fused-ring (bicyclic) bond motifs is 1. The molecule has 0 radical (unpaired) electrons. The van der Waals surface area contributed by atoms with Crippen LogP contribution in [-0.4, -0.2) is 38.0 Å². The Balaban J connectivity index is 1.79. The van der Waals surface area contributed by atoms with Gasteiger partial charge in [0, 0.05) is 30.2 Å². The number of benzene rings is 2. The zero-order chi connectivity index (χ0) is 21.7. The lowest BCUT2D eigenvalue weighted by Gasteiger charge is -2.24. The number of ether oxygens (including phenoxy) is 2. The van der Waals surface area contributed by atoms with Gasteiger partial charge in [0.05, 0.1) is 6.54 Å². The third-order valence-electron chi connectivity index (χ3n) is 4.73. The quantitative estimate of drug-likeness (QED) is 0.644. The number of halogens is 1. The molecule has 160 valence electrons. The Hall–Kier alpha value is -2.97. The Morgan fingerprint density at radius 2 is 1.80 bits per heavy atom. The van der Waals surface area contributed by atoms with Crippen LogP contribution in [0, 0.1) is 12.7 Å². The summed E-state index contributed by atoms with van der Waals surface area (Å²) < 4.78 is 25.0. The second-order valence-corrected chi connectivity index (χ2v) is 6.89. The van der Waals surface area contributed by atoms with Crippen LogP contribution in [0.15, 0.2) is 42.5 Å². The molecule has 0 unspecified atom stereocenters. The highest BCUT2D eigenvalue weighted by Crippen LogP contribution is 2.36. The van der Waals surface area contributed by atoms with Gasteiger partial charge < -0.3 is 25.0 Å². The zero-order valence-electron chi connectivity index (χ0n) is 17.3. The predicted molar refractivity (Wildman–Crippen MR) is 112 cm³/mol. The van der Waals surface area contributed by atoms with Crippen LogP contribution >= 0.6 is 0 Å². The largest absolute Gasteiger partial charge is 0.351 e. The Labute approximate surface area is 175 Å². The van der Waals surface area contributed by atoms with Crippen LogP contribution in [0.3, 0.4) is 0 Å². The fraction of sp³-hybridized carbons (Fsp3) is 0.364. The summed E-state index contributed by atoms with van der Waals surface area (Å²) in [6, 6.07) is 9.77. The molecule has 2 N–H and O–H groups in total. The van der Waals surface area contributed by atoms with Crippen LogP contribution in [0.5, 0.6) is 0 Å². The van der Waals surface area contributed by atoms with Crippen LogP contribution in [0.2, 0.25) is 0 Å². The molecule has 1 aliphatic heterocycles. The van der Waals surface area contributed by atoms with Crippen LogP contribution < -0.4 is 15.5 Å². The lowest BCUT2D eigenvalue weighted by molar-refractivity contribution is -0.135. The summed E-state index contributed by atoms with van der Waals surface area (Å²) >= 11 is 0. The van der Waals surface area contributed by atoms with Gasteiger partial charge in [0.15, 0.2) is 6.29 Å². The van der Waals surface area contributed by atoms with Crippen LogP contribution in [0.25, 0.3) is 0 Å². The number of nitrogens with zero attached hydrogens (tertiary/aromatic N) is 1. The summed E-state index contributed by atoms with van der Waals surface area (Å²) in [7, 11) is 0. The number of aryl methyl sites for hydroxylation is 1. The first-order valence-corrected chi connectivity index (χ1v) is 9.91. The maximum atomic E-state index is 13.9. The molecular formula is C22H26FN3O4. The molecule has 1 atom stereocenters. The lowest BCUT2D eigenvalue weighted by Crippen LogP contribution is -2.43. The van der Waals surface area contributed by atoms with E-state index in [1.165, 1.54) is 23.1 Å². The number of carbonyl (C=O) groups excluding carboxylic acids is 2. The Morgan fingerprint density at radius 1 is 1.13 bits per heavy atom. The number of amides is 3. The van der Waals surface area contributed by atoms with Crippen molar-refractivity contribution in [2.24, 2.45) is 0 Å². The first-order chi connectivity index (χ1) is 14.4. The maximum Gasteiger partial charge on any atom is 0.320 e.